The van der Waals surface area contributed by atoms with Crippen LogP contribution in [0, 0.1) is 6.92 Å². The topological polar surface area (TPSA) is 24.9 Å². The third-order valence-corrected chi connectivity index (χ3v) is 3.59. The first-order valence-electron chi connectivity index (χ1n) is 5.36. The van der Waals surface area contributed by atoms with Crippen molar-refractivity contribution in [2.24, 2.45) is 0 Å². The highest BCUT2D eigenvalue weighted by atomic mass is 32.1. The van der Waals surface area contributed by atoms with Gasteiger partial charge in [0, 0.05) is 10.9 Å². The highest BCUT2D eigenvalue weighted by Gasteiger charge is 2.13. The van der Waals surface area contributed by atoms with Crippen LogP contribution >= 0.6 is 11.3 Å². The van der Waals surface area contributed by atoms with Crippen LogP contribution in [0.2, 0.25) is 0 Å². The van der Waals surface area contributed by atoms with Crippen molar-refractivity contribution in [2.75, 3.05) is 7.05 Å². The summed E-state index contributed by atoms with van der Waals surface area (Å²) in [6, 6.07) is 0.508. The number of nitrogens with one attached hydrogen (secondary N) is 1. The molecule has 14 heavy (non-hydrogen) atoms. The Morgan fingerprint density at radius 1 is 1.50 bits per heavy atom. The van der Waals surface area contributed by atoms with E-state index < -0.39 is 0 Å². The van der Waals surface area contributed by atoms with Crippen molar-refractivity contribution in [2.45, 2.75) is 45.6 Å². The maximum absolute atomic E-state index is 4.29. The van der Waals surface area contributed by atoms with Gasteiger partial charge in [-0.1, -0.05) is 26.2 Å². The van der Waals surface area contributed by atoms with E-state index in [0.29, 0.717) is 6.04 Å². The molecule has 0 spiro atoms. The quantitative estimate of drug-likeness (QED) is 0.732. The Labute approximate surface area is 90.8 Å². The van der Waals surface area contributed by atoms with E-state index in [1.807, 2.05) is 12.6 Å². The molecule has 3 heteroatoms. The Bertz CT molecular complexity index is 258. The minimum Gasteiger partial charge on any atom is -0.312 e. The van der Waals surface area contributed by atoms with Gasteiger partial charge in [0.15, 0.2) is 0 Å². The molecular weight excluding hydrogens is 192 g/mol. The minimum absolute atomic E-state index is 0.508. The van der Waals surface area contributed by atoms with E-state index in [9.17, 15) is 0 Å². The largest absolute Gasteiger partial charge is 0.312 e. The third kappa shape index (κ3) is 3.07. The van der Waals surface area contributed by atoms with E-state index in [1.165, 1.54) is 36.3 Å². The molecule has 1 N–H and O–H groups in total. The van der Waals surface area contributed by atoms with E-state index in [-0.39, 0.29) is 0 Å². The van der Waals surface area contributed by atoms with Gasteiger partial charge >= 0.3 is 0 Å². The lowest BCUT2D eigenvalue weighted by Crippen LogP contribution is -2.15. The highest BCUT2D eigenvalue weighted by molar-refractivity contribution is 7.09. The van der Waals surface area contributed by atoms with Crippen molar-refractivity contribution >= 4 is 11.3 Å². The predicted octanol–water partition coefficient (Wildman–Crippen LogP) is 3.29. The van der Waals surface area contributed by atoms with Gasteiger partial charge in [-0.3, -0.25) is 0 Å². The summed E-state index contributed by atoms with van der Waals surface area (Å²) >= 11 is 1.77. The standard InChI is InChI=1S/C11H20N2S/c1-4-5-6-7-10(12-3)11-9(2)13-8-14-11/h8,10,12H,4-7H2,1-3H3. The molecule has 1 heterocycles. The second kappa shape index (κ2) is 6.14. The van der Waals surface area contributed by atoms with Gasteiger partial charge in [0.2, 0.25) is 0 Å². The van der Waals surface area contributed by atoms with E-state index in [0.717, 1.165) is 0 Å². The maximum atomic E-state index is 4.29. The lowest BCUT2D eigenvalue weighted by Gasteiger charge is -2.14. The van der Waals surface area contributed by atoms with Crippen molar-refractivity contribution < 1.29 is 0 Å². The normalized spacial score (nSPS) is 13.1. The summed E-state index contributed by atoms with van der Waals surface area (Å²) in [6.07, 6.45) is 5.15. The van der Waals surface area contributed by atoms with Crippen LogP contribution in [0.25, 0.3) is 0 Å². The number of nitrogens with zero attached hydrogens (tertiary/aromatic N) is 1. The molecule has 0 amide bonds. The van der Waals surface area contributed by atoms with Gasteiger partial charge in [-0.15, -0.1) is 11.3 Å². The Kier molecular flexibility index (Phi) is 5.12. The number of aryl methyl sites for hydroxylation is 1. The van der Waals surface area contributed by atoms with Crippen molar-refractivity contribution in [3.63, 3.8) is 0 Å². The van der Waals surface area contributed by atoms with Gasteiger partial charge in [0.05, 0.1) is 11.2 Å². The van der Waals surface area contributed by atoms with Crippen LogP contribution in [0.1, 0.15) is 49.2 Å². The summed E-state index contributed by atoms with van der Waals surface area (Å²) in [5, 5.41) is 3.37. The van der Waals surface area contributed by atoms with Crippen LogP contribution in [-0.2, 0) is 0 Å². The monoisotopic (exact) mass is 212 g/mol. The van der Waals surface area contributed by atoms with E-state index in [4.69, 9.17) is 0 Å². The van der Waals surface area contributed by atoms with Crippen LogP contribution < -0.4 is 5.32 Å². The molecule has 1 rings (SSSR count). The second-order valence-corrected chi connectivity index (χ2v) is 4.53. The van der Waals surface area contributed by atoms with Gasteiger partial charge in [0.1, 0.15) is 0 Å². The number of unbranched alkanes of at least 4 members (excludes halogenated alkanes) is 2. The Balaban J connectivity index is 2.50. The second-order valence-electron chi connectivity index (χ2n) is 3.64. The molecule has 0 aromatic carbocycles. The van der Waals surface area contributed by atoms with Gasteiger partial charge in [-0.25, -0.2) is 4.98 Å². The molecule has 0 aliphatic heterocycles. The van der Waals surface area contributed by atoms with Gasteiger partial charge in [0.25, 0.3) is 0 Å². The Morgan fingerprint density at radius 3 is 2.79 bits per heavy atom. The van der Waals surface area contributed by atoms with Crippen LogP contribution in [0.3, 0.4) is 0 Å². The Hall–Kier alpha value is -0.410. The van der Waals surface area contributed by atoms with Crippen LogP contribution in [0.15, 0.2) is 5.51 Å². The summed E-state index contributed by atoms with van der Waals surface area (Å²) < 4.78 is 0. The van der Waals surface area contributed by atoms with Crippen LogP contribution in [0.4, 0.5) is 0 Å². The first kappa shape index (κ1) is 11.7. The minimum atomic E-state index is 0.508. The molecule has 0 bridgehead atoms. The van der Waals surface area contributed by atoms with Crippen LogP contribution in [0.5, 0.6) is 0 Å². The molecule has 0 saturated heterocycles. The fourth-order valence-corrected chi connectivity index (χ4v) is 2.60. The zero-order valence-corrected chi connectivity index (χ0v) is 10.2. The molecule has 1 unspecified atom stereocenters. The lowest BCUT2D eigenvalue weighted by molar-refractivity contribution is 0.516. The molecule has 0 saturated carbocycles. The van der Waals surface area contributed by atoms with Crippen LogP contribution in [-0.4, -0.2) is 12.0 Å². The summed E-state index contributed by atoms with van der Waals surface area (Å²) in [4.78, 5) is 5.70. The molecule has 1 aromatic rings. The molecule has 0 radical (unpaired) electrons. The van der Waals surface area contributed by atoms with E-state index >= 15 is 0 Å². The number of thiazole rings is 1. The molecule has 0 fully saturated rings. The zero-order valence-electron chi connectivity index (χ0n) is 9.34. The van der Waals surface area contributed by atoms with E-state index in [2.05, 4.69) is 24.1 Å². The predicted molar refractivity (Wildman–Crippen MR) is 62.8 cm³/mol. The Morgan fingerprint density at radius 2 is 2.29 bits per heavy atom. The number of hydrogen-bond acceptors (Lipinski definition) is 3. The molecule has 0 aliphatic rings. The number of hydrogen-bond donors (Lipinski definition) is 1. The average molecular weight is 212 g/mol. The molecule has 2 nitrogen and oxygen atoms in total. The average Bonchev–Trinajstić information content (AvgIpc) is 2.60. The number of rotatable bonds is 6. The lowest BCUT2D eigenvalue weighted by atomic mass is 10.1. The summed E-state index contributed by atoms with van der Waals surface area (Å²) in [7, 11) is 2.04. The summed E-state index contributed by atoms with van der Waals surface area (Å²) in [5.41, 5.74) is 3.13. The molecule has 1 aromatic heterocycles. The molecule has 80 valence electrons. The zero-order chi connectivity index (χ0) is 10.4. The first-order valence-corrected chi connectivity index (χ1v) is 6.24. The van der Waals surface area contributed by atoms with Crippen molar-refractivity contribution in [1.82, 2.24) is 10.3 Å². The molecule has 1 atom stereocenters. The SMILES string of the molecule is CCCCCC(NC)c1scnc1C. The first-order chi connectivity index (χ1) is 6.79. The van der Waals surface area contributed by atoms with Crippen molar-refractivity contribution in [1.29, 1.82) is 0 Å². The summed E-state index contributed by atoms with van der Waals surface area (Å²) in [5.74, 6) is 0. The van der Waals surface area contributed by atoms with Crippen molar-refractivity contribution in [3.8, 4) is 0 Å². The van der Waals surface area contributed by atoms with E-state index in [1.54, 1.807) is 11.3 Å². The fourth-order valence-electron chi connectivity index (χ4n) is 1.65. The number of aromatic nitrogens is 1. The summed E-state index contributed by atoms with van der Waals surface area (Å²) in [6.45, 7) is 4.34. The van der Waals surface area contributed by atoms with Crippen molar-refractivity contribution in [3.05, 3.63) is 16.1 Å². The highest BCUT2D eigenvalue weighted by Crippen LogP contribution is 2.25. The molecular formula is C11H20N2S. The van der Waals surface area contributed by atoms with Gasteiger partial charge in [-0.2, -0.15) is 0 Å². The van der Waals surface area contributed by atoms with Gasteiger partial charge in [-0.05, 0) is 20.4 Å². The van der Waals surface area contributed by atoms with Gasteiger partial charge < -0.3 is 5.32 Å². The molecule has 0 aliphatic carbocycles. The smallest absolute Gasteiger partial charge is 0.0798 e. The maximum Gasteiger partial charge on any atom is 0.0798 e. The fraction of sp³-hybridized carbons (Fsp3) is 0.727. The third-order valence-electron chi connectivity index (χ3n) is 2.54.